The topological polar surface area (TPSA) is 90.6 Å². The lowest BCUT2D eigenvalue weighted by Gasteiger charge is -2.33. The van der Waals surface area contributed by atoms with Crippen LogP contribution >= 0.6 is 11.3 Å². The van der Waals surface area contributed by atoms with E-state index in [4.69, 9.17) is 0 Å². The highest BCUT2D eigenvalue weighted by atomic mass is 32.1. The van der Waals surface area contributed by atoms with Gasteiger partial charge in [-0.15, -0.1) is 11.3 Å². The quantitative estimate of drug-likeness (QED) is 0.714. The van der Waals surface area contributed by atoms with Gasteiger partial charge in [-0.25, -0.2) is 9.89 Å². The van der Waals surface area contributed by atoms with Crippen molar-refractivity contribution in [3.8, 4) is 0 Å². The minimum Gasteiger partial charge on any atom is -0.351 e. The molecule has 0 fully saturated rings. The predicted molar refractivity (Wildman–Crippen MR) is 99.2 cm³/mol. The zero-order chi connectivity index (χ0) is 18.0. The highest BCUT2D eigenvalue weighted by Crippen LogP contribution is 2.40. The van der Waals surface area contributed by atoms with Crippen LogP contribution in [-0.2, 0) is 19.3 Å². The molecule has 2 heterocycles. The van der Waals surface area contributed by atoms with Crippen LogP contribution in [0.1, 0.15) is 59.5 Å². The summed E-state index contributed by atoms with van der Waals surface area (Å²) in [5.41, 5.74) is 1.38. The number of hydrogen-bond acceptors (Lipinski definition) is 4. The molecule has 0 radical (unpaired) electrons. The summed E-state index contributed by atoms with van der Waals surface area (Å²) in [5.74, 6) is 1.31. The van der Waals surface area contributed by atoms with E-state index in [0.29, 0.717) is 30.1 Å². The maximum absolute atomic E-state index is 12.4. The van der Waals surface area contributed by atoms with Crippen molar-refractivity contribution in [1.82, 2.24) is 20.5 Å². The van der Waals surface area contributed by atoms with E-state index in [9.17, 15) is 9.59 Å². The van der Waals surface area contributed by atoms with E-state index in [1.807, 2.05) is 0 Å². The minimum absolute atomic E-state index is 0.00206. The molecule has 0 bridgehead atoms. The molecular weight excluding hydrogens is 336 g/mol. The van der Waals surface area contributed by atoms with Crippen LogP contribution in [0.2, 0.25) is 0 Å². The lowest BCUT2D eigenvalue weighted by Crippen LogP contribution is -2.26. The monoisotopic (exact) mass is 362 g/mol. The molecule has 2 aromatic rings. The van der Waals surface area contributed by atoms with Crippen LogP contribution in [0.4, 0.5) is 0 Å². The Hall–Kier alpha value is -1.89. The molecule has 7 heteroatoms. The second kappa shape index (κ2) is 7.15. The molecule has 1 amide bonds. The number of aryl methyl sites for hydroxylation is 2. The van der Waals surface area contributed by atoms with Gasteiger partial charge in [-0.2, -0.15) is 5.10 Å². The molecule has 2 aromatic heterocycles. The van der Waals surface area contributed by atoms with E-state index in [1.165, 1.54) is 16.9 Å². The van der Waals surface area contributed by atoms with Crippen LogP contribution < -0.4 is 11.0 Å². The maximum atomic E-state index is 12.4. The van der Waals surface area contributed by atoms with Crippen molar-refractivity contribution in [2.24, 2.45) is 11.3 Å². The summed E-state index contributed by atoms with van der Waals surface area (Å²) in [6.45, 7) is 7.47. The molecule has 1 atom stereocenters. The molecule has 1 aliphatic carbocycles. The maximum Gasteiger partial charge on any atom is 0.340 e. The Kier molecular flexibility index (Phi) is 5.13. The Morgan fingerprint density at radius 1 is 1.44 bits per heavy atom. The van der Waals surface area contributed by atoms with Gasteiger partial charge in [0.2, 0.25) is 0 Å². The Balaban J connectivity index is 1.52. The second-order valence-corrected chi connectivity index (χ2v) is 8.99. The largest absolute Gasteiger partial charge is 0.351 e. The van der Waals surface area contributed by atoms with Gasteiger partial charge in [0.25, 0.3) is 5.91 Å². The third-order valence-corrected chi connectivity index (χ3v) is 6.19. The van der Waals surface area contributed by atoms with E-state index in [-0.39, 0.29) is 11.6 Å². The van der Waals surface area contributed by atoms with Crippen LogP contribution in [-0.4, -0.2) is 27.6 Å². The molecule has 0 aromatic carbocycles. The molecule has 1 unspecified atom stereocenters. The number of carbonyl (C=O) groups excluding carboxylic acids is 1. The summed E-state index contributed by atoms with van der Waals surface area (Å²) in [5, 5.41) is 9.16. The van der Waals surface area contributed by atoms with Crippen LogP contribution in [0, 0.1) is 11.3 Å². The van der Waals surface area contributed by atoms with Gasteiger partial charge in [-0.05, 0) is 48.6 Å². The number of nitrogens with zero attached hydrogens (tertiary/aromatic N) is 1. The highest BCUT2D eigenvalue weighted by Gasteiger charge is 2.30. The van der Waals surface area contributed by atoms with Gasteiger partial charge in [0.15, 0.2) is 0 Å². The number of fused-ring (bicyclic) bond motifs is 1. The molecule has 3 rings (SSSR count). The van der Waals surface area contributed by atoms with Gasteiger partial charge in [0, 0.05) is 17.8 Å². The van der Waals surface area contributed by atoms with E-state index in [2.05, 4.69) is 47.3 Å². The van der Waals surface area contributed by atoms with Crippen molar-refractivity contribution in [2.75, 3.05) is 6.54 Å². The first kappa shape index (κ1) is 17.9. The summed E-state index contributed by atoms with van der Waals surface area (Å²) < 4.78 is 0. The third-order valence-electron chi connectivity index (χ3n) is 4.96. The number of rotatable bonds is 5. The van der Waals surface area contributed by atoms with Gasteiger partial charge in [0.1, 0.15) is 5.82 Å². The average molecular weight is 362 g/mol. The van der Waals surface area contributed by atoms with Crippen molar-refractivity contribution in [3.05, 3.63) is 37.7 Å². The van der Waals surface area contributed by atoms with E-state index in [0.717, 1.165) is 24.1 Å². The van der Waals surface area contributed by atoms with E-state index >= 15 is 0 Å². The minimum atomic E-state index is -0.295. The number of hydrogen-bond donors (Lipinski definition) is 3. The van der Waals surface area contributed by atoms with Gasteiger partial charge in [0.05, 0.1) is 4.88 Å². The van der Waals surface area contributed by atoms with Crippen molar-refractivity contribution in [3.63, 3.8) is 0 Å². The summed E-state index contributed by atoms with van der Waals surface area (Å²) in [6, 6.07) is 2.08. The molecule has 1 aliphatic rings. The van der Waals surface area contributed by atoms with Crippen LogP contribution in [0.5, 0.6) is 0 Å². The van der Waals surface area contributed by atoms with Crippen LogP contribution in [0.25, 0.3) is 0 Å². The Bertz CT molecular complexity index is 797. The summed E-state index contributed by atoms with van der Waals surface area (Å²) in [6.07, 6.45) is 4.74. The third kappa shape index (κ3) is 4.39. The molecule has 6 nitrogen and oxygen atoms in total. The molecular formula is C18H26N4O2S. The lowest BCUT2D eigenvalue weighted by molar-refractivity contribution is 0.0957. The normalized spacial score (nSPS) is 17.3. The zero-order valence-electron chi connectivity index (χ0n) is 15.1. The van der Waals surface area contributed by atoms with Crippen molar-refractivity contribution >= 4 is 17.2 Å². The number of amides is 1. The zero-order valence-corrected chi connectivity index (χ0v) is 15.9. The summed E-state index contributed by atoms with van der Waals surface area (Å²) in [7, 11) is 0. The molecule has 0 spiro atoms. The van der Waals surface area contributed by atoms with Gasteiger partial charge in [-0.3, -0.25) is 9.78 Å². The van der Waals surface area contributed by atoms with Crippen molar-refractivity contribution in [1.29, 1.82) is 0 Å². The Labute approximate surface area is 151 Å². The first-order chi connectivity index (χ1) is 11.8. The number of thiophene rings is 1. The average Bonchev–Trinajstić information content (AvgIpc) is 3.15. The molecule has 0 saturated carbocycles. The van der Waals surface area contributed by atoms with Crippen LogP contribution in [0.15, 0.2) is 10.9 Å². The second-order valence-electron chi connectivity index (χ2n) is 7.85. The smallest absolute Gasteiger partial charge is 0.340 e. The SMILES string of the molecule is CC(C)(C)C1CCc2sc(C(=O)NCCCc3n[nH]c(=O)[nH]3)cc2C1. The van der Waals surface area contributed by atoms with E-state index < -0.39 is 0 Å². The molecule has 25 heavy (non-hydrogen) atoms. The Morgan fingerprint density at radius 2 is 2.24 bits per heavy atom. The summed E-state index contributed by atoms with van der Waals surface area (Å²) >= 11 is 1.64. The first-order valence-corrected chi connectivity index (χ1v) is 9.68. The standard InChI is InChI=1S/C18H26N4O2S/c1-18(2,3)12-6-7-13-11(9-12)10-14(25-13)16(23)19-8-4-5-15-20-17(24)22-21-15/h10,12H,4-9H2,1-3H3,(H,19,23)(H2,20,21,22,24). The van der Waals surface area contributed by atoms with Crippen LogP contribution in [0.3, 0.4) is 0 Å². The fourth-order valence-electron chi connectivity index (χ4n) is 3.34. The number of carbonyl (C=O) groups is 1. The Morgan fingerprint density at radius 3 is 2.92 bits per heavy atom. The molecule has 0 saturated heterocycles. The van der Waals surface area contributed by atoms with Gasteiger partial charge < -0.3 is 5.32 Å². The number of H-pyrrole nitrogens is 2. The predicted octanol–water partition coefficient (Wildman–Crippen LogP) is 2.67. The van der Waals surface area contributed by atoms with Gasteiger partial charge in [-0.1, -0.05) is 20.8 Å². The number of nitrogens with one attached hydrogen (secondary N) is 3. The molecule has 136 valence electrons. The first-order valence-electron chi connectivity index (χ1n) is 8.86. The number of aromatic amines is 2. The van der Waals surface area contributed by atoms with Crippen molar-refractivity contribution < 1.29 is 4.79 Å². The lowest BCUT2D eigenvalue weighted by atomic mass is 9.72. The summed E-state index contributed by atoms with van der Waals surface area (Å²) in [4.78, 5) is 28.1. The fraction of sp³-hybridized carbons (Fsp3) is 0.611. The molecule has 0 aliphatic heterocycles. The highest BCUT2D eigenvalue weighted by molar-refractivity contribution is 7.14. The van der Waals surface area contributed by atoms with E-state index in [1.54, 1.807) is 11.3 Å². The van der Waals surface area contributed by atoms with Crippen molar-refractivity contribution in [2.45, 2.75) is 52.9 Å². The fourth-order valence-corrected chi connectivity index (χ4v) is 4.47. The van der Waals surface area contributed by atoms with Gasteiger partial charge >= 0.3 is 5.69 Å². The molecule has 3 N–H and O–H groups in total. The number of aromatic nitrogens is 3.